The third-order valence-electron chi connectivity index (χ3n) is 3.72. The second kappa shape index (κ2) is 6.33. The van der Waals surface area contributed by atoms with Crippen molar-refractivity contribution < 1.29 is 4.42 Å². The Labute approximate surface area is 129 Å². The topological polar surface area (TPSA) is 25.2 Å². The molecule has 0 saturated heterocycles. The zero-order chi connectivity index (χ0) is 14.7. The molecule has 0 amide bonds. The second-order valence-electron chi connectivity index (χ2n) is 5.09. The van der Waals surface area contributed by atoms with Crippen LogP contribution in [0.1, 0.15) is 24.1 Å². The number of furan rings is 1. The molecule has 0 radical (unpaired) electrons. The first-order valence-corrected chi connectivity index (χ1v) is 7.60. The fourth-order valence-corrected chi connectivity index (χ4v) is 2.90. The van der Waals surface area contributed by atoms with E-state index >= 15 is 0 Å². The largest absolute Gasteiger partial charge is 0.464 e. The zero-order valence-corrected chi connectivity index (χ0v) is 12.7. The third-order valence-corrected chi connectivity index (χ3v) is 4.09. The van der Waals surface area contributed by atoms with E-state index in [1.807, 2.05) is 42.7 Å². The molecule has 0 aliphatic heterocycles. The maximum atomic E-state index is 6.30. The van der Waals surface area contributed by atoms with Crippen molar-refractivity contribution in [2.45, 2.75) is 19.4 Å². The maximum absolute atomic E-state index is 6.30. The summed E-state index contributed by atoms with van der Waals surface area (Å²) in [7, 11) is 0. The Hall–Kier alpha value is -1.77. The van der Waals surface area contributed by atoms with Gasteiger partial charge in [0, 0.05) is 22.0 Å². The normalized spacial score (nSPS) is 12.7. The number of hydrogen-bond donors (Lipinski definition) is 1. The van der Waals surface area contributed by atoms with Crippen molar-refractivity contribution in [1.29, 1.82) is 0 Å². The predicted molar refractivity (Wildman–Crippen MR) is 87.8 cm³/mol. The number of likely N-dealkylation sites (N-methyl/N-ethyl adjacent to an activating group) is 1. The van der Waals surface area contributed by atoms with Crippen molar-refractivity contribution >= 4 is 22.6 Å². The molecule has 0 fully saturated rings. The van der Waals surface area contributed by atoms with Crippen molar-refractivity contribution in [3.63, 3.8) is 0 Å². The van der Waals surface area contributed by atoms with Crippen LogP contribution in [0.5, 0.6) is 0 Å². The van der Waals surface area contributed by atoms with Crippen molar-refractivity contribution in [2.24, 2.45) is 0 Å². The van der Waals surface area contributed by atoms with Crippen molar-refractivity contribution in [1.82, 2.24) is 5.32 Å². The van der Waals surface area contributed by atoms with Gasteiger partial charge in [-0.25, -0.2) is 0 Å². The summed E-state index contributed by atoms with van der Waals surface area (Å²) in [4.78, 5) is 0. The Morgan fingerprint density at radius 2 is 1.86 bits per heavy atom. The first-order chi connectivity index (χ1) is 10.3. The van der Waals surface area contributed by atoms with E-state index in [-0.39, 0.29) is 6.04 Å². The van der Waals surface area contributed by atoms with Gasteiger partial charge >= 0.3 is 0 Å². The summed E-state index contributed by atoms with van der Waals surface area (Å²) in [6.45, 7) is 3.01. The first-order valence-electron chi connectivity index (χ1n) is 7.22. The van der Waals surface area contributed by atoms with Crippen molar-refractivity contribution in [3.05, 3.63) is 70.9 Å². The monoisotopic (exact) mass is 299 g/mol. The molecule has 1 atom stereocenters. The number of rotatable bonds is 5. The van der Waals surface area contributed by atoms with E-state index in [9.17, 15) is 0 Å². The van der Waals surface area contributed by atoms with Gasteiger partial charge in [-0.2, -0.15) is 0 Å². The first kappa shape index (κ1) is 14.2. The molecule has 21 heavy (non-hydrogen) atoms. The number of benzene rings is 2. The maximum Gasteiger partial charge on any atom is 0.134 e. The molecule has 1 N–H and O–H groups in total. The summed E-state index contributed by atoms with van der Waals surface area (Å²) in [5.41, 5.74) is 3.26. The molecule has 0 spiro atoms. The summed E-state index contributed by atoms with van der Waals surface area (Å²) < 4.78 is 5.67. The Kier molecular flexibility index (Phi) is 4.28. The average Bonchev–Trinajstić information content (AvgIpc) is 2.93. The van der Waals surface area contributed by atoms with Gasteiger partial charge in [0.1, 0.15) is 5.58 Å². The van der Waals surface area contributed by atoms with Crippen LogP contribution in [0.15, 0.2) is 59.2 Å². The smallest absolute Gasteiger partial charge is 0.134 e. The summed E-state index contributed by atoms with van der Waals surface area (Å²) >= 11 is 6.30. The van der Waals surface area contributed by atoms with E-state index in [1.165, 1.54) is 5.56 Å². The Balaban J connectivity index is 1.96. The molecule has 3 heteroatoms. The van der Waals surface area contributed by atoms with Gasteiger partial charge in [-0.05, 0) is 30.7 Å². The van der Waals surface area contributed by atoms with Crippen LogP contribution in [0.2, 0.25) is 5.02 Å². The summed E-state index contributed by atoms with van der Waals surface area (Å²) in [6, 6.07) is 16.3. The van der Waals surface area contributed by atoms with Gasteiger partial charge in [0.15, 0.2) is 0 Å². The molecule has 1 heterocycles. The Morgan fingerprint density at radius 1 is 1.10 bits per heavy atom. The van der Waals surface area contributed by atoms with Gasteiger partial charge in [-0.15, -0.1) is 0 Å². The lowest BCUT2D eigenvalue weighted by Crippen LogP contribution is -2.22. The van der Waals surface area contributed by atoms with Crippen LogP contribution < -0.4 is 5.32 Å². The highest BCUT2D eigenvalue weighted by Gasteiger charge is 2.17. The van der Waals surface area contributed by atoms with Crippen LogP contribution in [0, 0.1) is 0 Å². The summed E-state index contributed by atoms with van der Waals surface area (Å²) in [5, 5.41) is 5.51. The minimum Gasteiger partial charge on any atom is -0.464 e. The van der Waals surface area contributed by atoms with Crippen molar-refractivity contribution in [3.8, 4) is 0 Å². The summed E-state index contributed by atoms with van der Waals surface area (Å²) in [6.07, 6.45) is 2.70. The lowest BCUT2D eigenvalue weighted by Gasteiger charge is -2.18. The van der Waals surface area contributed by atoms with Crippen LogP contribution >= 0.6 is 11.6 Å². The van der Waals surface area contributed by atoms with Gasteiger partial charge in [-0.3, -0.25) is 0 Å². The molecule has 2 aromatic carbocycles. The molecular formula is C18H18ClNO. The molecule has 1 unspecified atom stereocenters. The molecule has 0 aliphatic carbocycles. The van der Waals surface area contributed by atoms with Crippen LogP contribution in [-0.2, 0) is 6.42 Å². The number of hydrogen-bond acceptors (Lipinski definition) is 2. The fraction of sp³-hybridized carbons (Fsp3) is 0.222. The standard InChI is InChI=1S/C18H18ClNO/c1-2-20-17(11-13-7-3-5-9-16(13)19)15-12-21-18-10-6-4-8-14(15)18/h3-10,12,17,20H,2,11H2,1H3. The third kappa shape index (κ3) is 2.97. The van der Waals surface area contributed by atoms with Crippen LogP contribution in [0.4, 0.5) is 0 Å². The fourth-order valence-electron chi connectivity index (χ4n) is 2.69. The van der Waals surface area contributed by atoms with E-state index in [2.05, 4.69) is 24.4 Å². The highest BCUT2D eigenvalue weighted by molar-refractivity contribution is 6.31. The van der Waals surface area contributed by atoms with Crippen molar-refractivity contribution in [2.75, 3.05) is 6.54 Å². The minimum atomic E-state index is 0.193. The highest BCUT2D eigenvalue weighted by Crippen LogP contribution is 2.30. The van der Waals surface area contributed by atoms with Crippen LogP contribution in [-0.4, -0.2) is 6.54 Å². The highest BCUT2D eigenvalue weighted by atomic mass is 35.5. The molecule has 108 valence electrons. The second-order valence-corrected chi connectivity index (χ2v) is 5.50. The molecule has 0 aliphatic rings. The molecule has 1 aromatic heterocycles. The van der Waals surface area contributed by atoms with E-state index in [4.69, 9.17) is 16.0 Å². The lowest BCUT2D eigenvalue weighted by molar-refractivity contribution is 0.535. The molecule has 3 aromatic rings. The van der Waals surface area contributed by atoms with E-state index < -0.39 is 0 Å². The molecule has 3 rings (SSSR count). The Bertz CT molecular complexity index is 735. The number of para-hydroxylation sites is 1. The van der Waals surface area contributed by atoms with E-state index in [0.29, 0.717) is 0 Å². The number of halogens is 1. The molecule has 0 saturated carbocycles. The lowest BCUT2D eigenvalue weighted by atomic mass is 9.98. The number of fused-ring (bicyclic) bond motifs is 1. The summed E-state index contributed by atoms with van der Waals surface area (Å²) in [5.74, 6) is 0. The van der Waals surface area contributed by atoms with Crippen LogP contribution in [0.3, 0.4) is 0 Å². The molecule has 2 nitrogen and oxygen atoms in total. The Morgan fingerprint density at radius 3 is 2.67 bits per heavy atom. The quantitative estimate of drug-likeness (QED) is 0.719. The SMILES string of the molecule is CCNC(Cc1ccccc1Cl)c1coc2ccccc12. The van der Waals surface area contributed by atoms with Gasteiger partial charge in [0.05, 0.1) is 6.26 Å². The molecular weight excluding hydrogens is 282 g/mol. The van der Waals surface area contributed by atoms with Gasteiger partial charge in [0.2, 0.25) is 0 Å². The minimum absolute atomic E-state index is 0.193. The predicted octanol–water partition coefficient (Wildman–Crippen LogP) is 4.98. The van der Waals surface area contributed by atoms with Gasteiger partial charge in [0.25, 0.3) is 0 Å². The number of nitrogens with one attached hydrogen (secondary N) is 1. The van der Waals surface area contributed by atoms with Crippen LogP contribution in [0.25, 0.3) is 11.0 Å². The molecule has 0 bridgehead atoms. The van der Waals surface area contributed by atoms with Gasteiger partial charge in [-0.1, -0.05) is 54.9 Å². The van der Waals surface area contributed by atoms with E-state index in [1.54, 1.807) is 0 Å². The van der Waals surface area contributed by atoms with E-state index in [0.717, 1.165) is 34.5 Å². The van der Waals surface area contributed by atoms with Gasteiger partial charge < -0.3 is 9.73 Å². The zero-order valence-electron chi connectivity index (χ0n) is 12.0. The average molecular weight is 300 g/mol.